The molecule has 2 fully saturated rings. The summed E-state index contributed by atoms with van der Waals surface area (Å²) >= 11 is 14.9. The molecule has 0 radical (unpaired) electrons. The number of carbonyl (C=O) groups is 4. The van der Waals surface area contributed by atoms with Crippen LogP contribution in [0.1, 0.15) is 70.6 Å². The topological polar surface area (TPSA) is 125 Å². The summed E-state index contributed by atoms with van der Waals surface area (Å²) in [6.45, 7) is 3.10. The van der Waals surface area contributed by atoms with Crippen molar-refractivity contribution in [2.75, 3.05) is 57.2 Å². The Balaban J connectivity index is 0.000000212. The number of nitrogens with zero attached hydrogens (tertiary/aromatic N) is 6. The third kappa shape index (κ3) is 13.1. The van der Waals surface area contributed by atoms with Crippen LogP contribution in [-0.4, -0.2) is 91.2 Å². The number of urea groups is 2. The predicted molar refractivity (Wildman–Crippen MR) is 223 cm³/mol. The second kappa shape index (κ2) is 22.9. The molecule has 12 nitrogen and oxygen atoms in total. The normalized spacial score (nSPS) is 13.5. The second-order valence-corrected chi connectivity index (χ2v) is 14.6. The van der Waals surface area contributed by atoms with Crippen molar-refractivity contribution in [3.63, 3.8) is 0 Å². The Bertz CT molecular complexity index is 2000. The first kappa shape index (κ1) is 45.8. The van der Waals surface area contributed by atoms with Gasteiger partial charge in [0, 0.05) is 62.3 Å². The number of rotatable bonds is 7. The molecule has 310 valence electrons. The number of carbonyl (C=O) groups excluding carboxylic acids is 4. The largest absolute Gasteiger partial charge is 0.465 e. The number of benzene rings is 2. The Morgan fingerprint density at radius 2 is 1.12 bits per heavy atom. The van der Waals surface area contributed by atoms with Gasteiger partial charge < -0.3 is 19.3 Å². The number of hydrogen-bond donors (Lipinski definition) is 0. The van der Waals surface area contributed by atoms with Crippen molar-refractivity contribution in [3.05, 3.63) is 117 Å². The summed E-state index contributed by atoms with van der Waals surface area (Å²) in [7, 11) is 4.33. The molecule has 4 amide bonds. The molecule has 0 bridgehead atoms. The van der Waals surface area contributed by atoms with Gasteiger partial charge in [0.15, 0.2) is 0 Å². The number of ether oxygens (including phenoxy) is 2. The van der Waals surface area contributed by atoms with Gasteiger partial charge in [-0.2, -0.15) is 0 Å². The van der Waals surface area contributed by atoms with Crippen LogP contribution in [0.25, 0.3) is 0 Å². The highest BCUT2D eigenvalue weighted by Crippen LogP contribution is 2.27. The van der Waals surface area contributed by atoms with Gasteiger partial charge in [-0.05, 0) is 99.2 Å². The maximum Gasteiger partial charge on any atom is 0.339 e. The van der Waals surface area contributed by atoms with E-state index in [-0.39, 0.29) is 34.6 Å². The fraction of sp³-hybridized carbons (Fsp3) is 0.366. The SMILES string of the molecule is CN(C(=O)N1CCCCC1)c1ccc(F)c(Cl)c1.COC(=O)c1ccc(CBr)nc1.COC(=O)c1ccc(CN(C(=O)N2CCCCC2)c2ccc(F)c(Cl)c2)nc1. The van der Waals surface area contributed by atoms with E-state index in [9.17, 15) is 28.0 Å². The van der Waals surface area contributed by atoms with Gasteiger partial charge in [0.1, 0.15) is 11.6 Å². The van der Waals surface area contributed by atoms with Crippen molar-refractivity contribution in [2.24, 2.45) is 0 Å². The zero-order chi connectivity index (χ0) is 42.2. The number of halogens is 5. The fourth-order valence-electron chi connectivity index (χ4n) is 5.94. The Morgan fingerprint density at radius 3 is 1.55 bits per heavy atom. The summed E-state index contributed by atoms with van der Waals surface area (Å²) in [4.78, 5) is 62.8. The van der Waals surface area contributed by atoms with Crippen LogP contribution in [0.2, 0.25) is 10.0 Å². The monoisotopic (exact) mass is 904 g/mol. The Labute approximate surface area is 355 Å². The van der Waals surface area contributed by atoms with E-state index >= 15 is 0 Å². The number of methoxy groups -OCH3 is 2. The van der Waals surface area contributed by atoms with Crippen molar-refractivity contribution in [2.45, 2.75) is 50.4 Å². The molecule has 2 aliphatic heterocycles. The van der Waals surface area contributed by atoms with Crippen LogP contribution in [0, 0.1) is 11.6 Å². The number of hydrogen-bond acceptors (Lipinski definition) is 8. The minimum atomic E-state index is -0.545. The van der Waals surface area contributed by atoms with Gasteiger partial charge in [-0.25, -0.2) is 28.0 Å². The summed E-state index contributed by atoms with van der Waals surface area (Å²) in [6.07, 6.45) is 9.18. The Kier molecular flexibility index (Phi) is 18.1. The molecular weight excluding hydrogens is 861 g/mol. The molecule has 17 heteroatoms. The molecule has 0 aliphatic carbocycles. The molecule has 58 heavy (non-hydrogen) atoms. The van der Waals surface area contributed by atoms with E-state index in [1.54, 1.807) is 42.3 Å². The lowest BCUT2D eigenvalue weighted by Crippen LogP contribution is -2.45. The molecule has 0 unspecified atom stereocenters. The van der Waals surface area contributed by atoms with Crippen molar-refractivity contribution < 1.29 is 37.4 Å². The molecule has 0 atom stereocenters. The summed E-state index contributed by atoms with van der Waals surface area (Å²) < 4.78 is 35.9. The molecule has 2 aliphatic rings. The highest BCUT2D eigenvalue weighted by molar-refractivity contribution is 9.08. The lowest BCUT2D eigenvalue weighted by atomic mass is 10.1. The Morgan fingerprint density at radius 1 is 0.672 bits per heavy atom. The van der Waals surface area contributed by atoms with Crippen LogP contribution in [0.15, 0.2) is 73.1 Å². The van der Waals surface area contributed by atoms with Crippen LogP contribution in [0.3, 0.4) is 0 Å². The minimum absolute atomic E-state index is 0.0331. The lowest BCUT2D eigenvalue weighted by Gasteiger charge is -2.33. The first-order valence-electron chi connectivity index (χ1n) is 18.5. The molecule has 6 rings (SSSR count). The quantitative estimate of drug-likeness (QED) is 0.133. The van der Waals surface area contributed by atoms with Crippen LogP contribution in [0.5, 0.6) is 0 Å². The first-order valence-corrected chi connectivity index (χ1v) is 20.4. The van der Waals surface area contributed by atoms with E-state index in [0.29, 0.717) is 46.6 Å². The highest BCUT2D eigenvalue weighted by atomic mass is 79.9. The van der Waals surface area contributed by atoms with E-state index in [1.807, 2.05) is 4.90 Å². The zero-order valence-corrected chi connectivity index (χ0v) is 35.5. The number of esters is 2. The summed E-state index contributed by atoms with van der Waals surface area (Å²) in [6, 6.07) is 15.0. The van der Waals surface area contributed by atoms with E-state index in [1.165, 1.54) is 73.2 Å². The number of likely N-dealkylation sites (tertiary alicyclic amines) is 2. The minimum Gasteiger partial charge on any atom is -0.465 e. The summed E-state index contributed by atoms with van der Waals surface area (Å²) in [5.74, 6) is -1.86. The van der Waals surface area contributed by atoms with Crippen LogP contribution < -0.4 is 9.80 Å². The van der Waals surface area contributed by atoms with E-state index in [4.69, 9.17) is 23.2 Å². The van der Waals surface area contributed by atoms with Gasteiger partial charge in [0.05, 0.1) is 53.3 Å². The third-order valence-electron chi connectivity index (χ3n) is 9.23. The molecule has 2 aromatic carbocycles. The van der Waals surface area contributed by atoms with Gasteiger partial charge in [-0.15, -0.1) is 0 Å². The standard InChI is InChI=1S/C20H21ClFN3O3.C13H16ClFN2O.C8H8BrNO2/c1-28-19(26)14-5-6-15(23-12-14)13-25(16-7-8-18(22)17(21)11-16)20(27)24-9-3-2-4-10-24;1-16(10-5-6-12(15)11(14)9-10)13(18)17-7-3-2-4-8-17;1-12-8(11)6-2-3-7(4-9)10-5-6/h5-8,11-12H,2-4,9-10,13H2,1H3;5-6,9H,2-4,7-8H2,1H3;2-3,5H,4H2,1H3. The number of anilines is 2. The number of piperidine rings is 2. The van der Waals surface area contributed by atoms with E-state index in [2.05, 4.69) is 35.4 Å². The lowest BCUT2D eigenvalue weighted by molar-refractivity contribution is 0.0591. The van der Waals surface area contributed by atoms with Crippen molar-refractivity contribution in [3.8, 4) is 0 Å². The molecular formula is C41H45BrCl2F2N6O6. The van der Waals surface area contributed by atoms with Crippen molar-refractivity contribution in [1.29, 1.82) is 0 Å². The van der Waals surface area contributed by atoms with E-state index in [0.717, 1.165) is 50.9 Å². The maximum absolute atomic E-state index is 13.6. The predicted octanol–water partition coefficient (Wildman–Crippen LogP) is 9.56. The molecule has 0 spiro atoms. The summed E-state index contributed by atoms with van der Waals surface area (Å²) in [5, 5.41) is 0.669. The fourth-order valence-corrected chi connectivity index (χ4v) is 6.62. The zero-order valence-electron chi connectivity index (χ0n) is 32.4. The number of amides is 4. The van der Waals surface area contributed by atoms with E-state index < -0.39 is 17.6 Å². The molecule has 4 aromatic rings. The molecule has 0 N–H and O–H groups in total. The smallest absolute Gasteiger partial charge is 0.339 e. The average Bonchev–Trinajstić information content (AvgIpc) is 3.27. The first-order chi connectivity index (χ1) is 27.9. The van der Waals surface area contributed by atoms with Crippen LogP contribution in [0.4, 0.5) is 29.7 Å². The molecule has 0 saturated carbocycles. The highest BCUT2D eigenvalue weighted by Gasteiger charge is 2.26. The Hall–Kier alpha value is -4.86. The van der Waals surface area contributed by atoms with Crippen molar-refractivity contribution in [1.82, 2.24) is 19.8 Å². The third-order valence-corrected chi connectivity index (χ3v) is 10.4. The summed E-state index contributed by atoms with van der Waals surface area (Å²) in [5.41, 5.74) is 3.37. The van der Waals surface area contributed by atoms with Gasteiger partial charge >= 0.3 is 24.0 Å². The molecule has 2 aromatic heterocycles. The van der Waals surface area contributed by atoms with Gasteiger partial charge in [-0.1, -0.05) is 39.1 Å². The second-order valence-electron chi connectivity index (χ2n) is 13.2. The van der Waals surface area contributed by atoms with Gasteiger partial charge in [0.25, 0.3) is 0 Å². The van der Waals surface area contributed by atoms with Gasteiger partial charge in [0.2, 0.25) is 0 Å². The average molecular weight is 907 g/mol. The number of aromatic nitrogens is 2. The number of pyridine rings is 2. The van der Waals surface area contributed by atoms with Crippen LogP contribution >= 0.6 is 39.1 Å². The number of alkyl halides is 1. The van der Waals surface area contributed by atoms with Gasteiger partial charge in [-0.3, -0.25) is 19.8 Å². The van der Waals surface area contributed by atoms with Crippen LogP contribution in [-0.2, 0) is 21.3 Å². The molecule has 4 heterocycles. The molecule has 2 saturated heterocycles. The maximum atomic E-state index is 13.6. The van der Waals surface area contributed by atoms with Crippen molar-refractivity contribution >= 4 is 74.5 Å².